The highest BCUT2D eigenvalue weighted by Crippen LogP contribution is 2.39. The van der Waals surface area contributed by atoms with Gasteiger partial charge < -0.3 is 19.5 Å². The standard InChI is InChI=1S/C16H21NO5/c1-4-17-14(18)8-6-11(16(19)20)15(17)10-5-7-12(21-2)13(9-10)22-3/h5,7,9,11,15H,4,6,8H2,1-3H3,(H,19,20)/t11-,15+/m0/s1. The molecule has 0 bridgehead atoms. The molecule has 0 saturated carbocycles. The number of methoxy groups -OCH3 is 2. The van der Waals surface area contributed by atoms with Gasteiger partial charge >= 0.3 is 5.97 Å². The zero-order valence-electron chi connectivity index (χ0n) is 13.0. The first-order valence-corrected chi connectivity index (χ1v) is 7.27. The molecule has 6 heteroatoms. The third-order valence-corrected chi connectivity index (χ3v) is 4.11. The van der Waals surface area contributed by atoms with Gasteiger partial charge in [0.2, 0.25) is 5.91 Å². The zero-order valence-corrected chi connectivity index (χ0v) is 13.0. The lowest BCUT2D eigenvalue weighted by molar-refractivity contribution is -0.151. The number of amides is 1. The van der Waals surface area contributed by atoms with Crippen LogP contribution in [0.3, 0.4) is 0 Å². The number of hydrogen-bond acceptors (Lipinski definition) is 4. The van der Waals surface area contributed by atoms with E-state index in [2.05, 4.69) is 0 Å². The van der Waals surface area contributed by atoms with Crippen molar-refractivity contribution < 1.29 is 24.2 Å². The molecule has 1 saturated heterocycles. The largest absolute Gasteiger partial charge is 0.493 e. The summed E-state index contributed by atoms with van der Waals surface area (Å²) in [5, 5.41) is 9.50. The van der Waals surface area contributed by atoms with Gasteiger partial charge in [0.1, 0.15) is 0 Å². The summed E-state index contributed by atoms with van der Waals surface area (Å²) < 4.78 is 10.5. The number of carbonyl (C=O) groups is 2. The van der Waals surface area contributed by atoms with Gasteiger partial charge in [0.05, 0.1) is 26.2 Å². The lowest BCUT2D eigenvalue weighted by Gasteiger charge is -2.39. The van der Waals surface area contributed by atoms with Gasteiger partial charge in [-0.15, -0.1) is 0 Å². The van der Waals surface area contributed by atoms with Gasteiger partial charge in [-0.3, -0.25) is 9.59 Å². The highest BCUT2D eigenvalue weighted by atomic mass is 16.5. The Morgan fingerprint density at radius 3 is 2.55 bits per heavy atom. The maximum Gasteiger partial charge on any atom is 0.308 e. The second kappa shape index (κ2) is 6.68. The Morgan fingerprint density at radius 1 is 1.32 bits per heavy atom. The van der Waals surface area contributed by atoms with Gasteiger partial charge in [-0.2, -0.15) is 0 Å². The summed E-state index contributed by atoms with van der Waals surface area (Å²) in [5.74, 6) is -0.414. The van der Waals surface area contributed by atoms with Crippen molar-refractivity contribution in [3.8, 4) is 11.5 Å². The van der Waals surface area contributed by atoms with Crippen LogP contribution in [0.1, 0.15) is 31.4 Å². The predicted molar refractivity (Wildman–Crippen MR) is 80.0 cm³/mol. The van der Waals surface area contributed by atoms with E-state index in [9.17, 15) is 14.7 Å². The quantitative estimate of drug-likeness (QED) is 0.901. The van der Waals surface area contributed by atoms with E-state index in [4.69, 9.17) is 9.47 Å². The third-order valence-electron chi connectivity index (χ3n) is 4.11. The number of benzene rings is 1. The van der Waals surface area contributed by atoms with E-state index in [0.29, 0.717) is 24.5 Å². The Hall–Kier alpha value is -2.24. The molecule has 1 aliphatic heterocycles. The van der Waals surface area contributed by atoms with Crippen LogP contribution in [0.5, 0.6) is 11.5 Å². The first-order valence-electron chi connectivity index (χ1n) is 7.27. The molecule has 0 spiro atoms. The lowest BCUT2D eigenvalue weighted by atomic mass is 9.84. The predicted octanol–water partition coefficient (Wildman–Crippen LogP) is 2.09. The smallest absolute Gasteiger partial charge is 0.308 e. The molecule has 2 rings (SSSR count). The van der Waals surface area contributed by atoms with Gasteiger partial charge in [0.25, 0.3) is 0 Å². The van der Waals surface area contributed by atoms with Crippen molar-refractivity contribution in [1.29, 1.82) is 0 Å². The number of rotatable bonds is 5. The number of carbonyl (C=O) groups excluding carboxylic acids is 1. The number of piperidine rings is 1. The molecule has 1 amide bonds. The second-order valence-electron chi connectivity index (χ2n) is 5.22. The Labute approximate surface area is 129 Å². The van der Waals surface area contributed by atoms with Crippen molar-refractivity contribution in [2.45, 2.75) is 25.8 Å². The van der Waals surface area contributed by atoms with Crippen LogP contribution in [0.15, 0.2) is 18.2 Å². The second-order valence-corrected chi connectivity index (χ2v) is 5.22. The third kappa shape index (κ3) is 2.86. The Balaban J connectivity index is 2.47. The zero-order chi connectivity index (χ0) is 16.3. The molecule has 0 aromatic heterocycles. The minimum atomic E-state index is -0.884. The van der Waals surface area contributed by atoms with Crippen molar-refractivity contribution in [1.82, 2.24) is 4.90 Å². The SMILES string of the molecule is CCN1C(=O)CC[C@H](C(=O)O)[C@H]1c1ccc(OC)c(OC)c1. The monoisotopic (exact) mass is 307 g/mol. The van der Waals surface area contributed by atoms with E-state index in [-0.39, 0.29) is 12.3 Å². The fraction of sp³-hybridized carbons (Fsp3) is 0.500. The van der Waals surface area contributed by atoms with Crippen molar-refractivity contribution in [3.05, 3.63) is 23.8 Å². The molecule has 1 aliphatic rings. The summed E-state index contributed by atoms with van der Waals surface area (Å²) in [4.78, 5) is 25.4. The maximum absolute atomic E-state index is 12.1. The lowest BCUT2D eigenvalue weighted by Crippen LogP contribution is -2.45. The first-order chi connectivity index (χ1) is 10.5. The van der Waals surface area contributed by atoms with Gasteiger partial charge in [0.15, 0.2) is 11.5 Å². The van der Waals surface area contributed by atoms with E-state index in [1.54, 1.807) is 30.2 Å². The fourth-order valence-electron chi connectivity index (χ4n) is 3.03. The molecule has 1 N–H and O–H groups in total. The Morgan fingerprint density at radius 2 is 2.00 bits per heavy atom. The molecule has 0 unspecified atom stereocenters. The van der Waals surface area contributed by atoms with Crippen LogP contribution in [0.2, 0.25) is 0 Å². The molecule has 120 valence electrons. The molecule has 6 nitrogen and oxygen atoms in total. The fourth-order valence-corrected chi connectivity index (χ4v) is 3.03. The van der Waals surface area contributed by atoms with Crippen molar-refractivity contribution >= 4 is 11.9 Å². The van der Waals surface area contributed by atoms with Gasteiger partial charge in [-0.05, 0) is 31.0 Å². The van der Waals surface area contributed by atoms with E-state index >= 15 is 0 Å². The molecule has 0 aliphatic carbocycles. The van der Waals surface area contributed by atoms with Crippen LogP contribution in [0.25, 0.3) is 0 Å². The van der Waals surface area contributed by atoms with E-state index in [1.807, 2.05) is 6.92 Å². The van der Waals surface area contributed by atoms with E-state index in [0.717, 1.165) is 5.56 Å². The maximum atomic E-state index is 12.1. The van der Waals surface area contributed by atoms with Crippen molar-refractivity contribution in [2.24, 2.45) is 5.92 Å². The minimum absolute atomic E-state index is 0.0141. The number of carboxylic acid groups (broad SMARTS) is 1. The topological polar surface area (TPSA) is 76.1 Å². The summed E-state index contributed by atoms with van der Waals surface area (Å²) in [6.45, 7) is 2.33. The molecule has 1 heterocycles. The van der Waals surface area contributed by atoms with Crippen LogP contribution < -0.4 is 9.47 Å². The highest BCUT2D eigenvalue weighted by Gasteiger charge is 2.40. The summed E-state index contributed by atoms with van der Waals surface area (Å²) in [7, 11) is 3.07. The van der Waals surface area contributed by atoms with Crippen LogP contribution in [-0.2, 0) is 9.59 Å². The van der Waals surface area contributed by atoms with Crippen LogP contribution >= 0.6 is 0 Å². The minimum Gasteiger partial charge on any atom is -0.493 e. The average molecular weight is 307 g/mol. The molecular formula is C16H21NO5. The number of nitrogens with zero attached hydrogens (tertiary/aromatic N) is 1. The summed E-state index contributed by atoms with van der Waals surface area (Å²) >= 11 is 0. The van der Waals surface area contributed by atoms with Crippen LogP contribution in [0, 0.1) is 5.92 Å². The number of hydrogen-bond donors (Lipinski definition) is 1. The number of carboxylic acids is 1. The van der Waals surface area contributed by atoms with E-state index in [1.165, 1.54) is 7.11 Å². The normalized spacial score (nSPS) is 21.6. The first kappa shape index (κ1) is 16.1. The Bertz CT molecular complexity index is 570. The number of aliphatic carboxylic acids is 1. The molecule has 22 heavy (non-hydrogen) atoms. The van der Waals surface area contributed by atoms with Crippen molar-refractivity contribution in [2.75, 3.05) is 20.8 Å². The highest BCUT2D eigenvalue weighted by molar-refractivity contribution is 5.81. The Kier molecular flexibility index (Phi) is 4.90. The summed E-state index contributed by atoms with van der Waals surface area (Å²) in [5.41, 5.74) is 0.750. The molecule has 1 aromatic carbocycles. The van der Waals surface area contributed by atoms with Gasteiger partial charge in [-0.1, -0.05) is 6.07 Å². The molecule has 2 atom stereocenters. The molecule has 1 aromatic rings. The van der Waals surface area contributed by atoms with E-state index < -0.39 is 17.9 Å². The number of likely N-dealkylation sites (tertiary alicyclic amines) is 1. The summed E-state index contributed by atoms with van der Waals surface area (Å²) in [6.07, 6.45) is 0.623. The summed E-state index contributed by atoms with van der Waals surface area (Å²) in [6, 6.07) is 4.80. The van der Waals surface area contributed by atoms with Gasteiger partial charge in [-0.25, -0.2) is 0 Å². The van der Waals surface area contributed by atoms with Gasteiger partial charge in [0, 0.05) is 13.0 Å². The number of ether oxygens (including phenoxy) is 2. The van der Waals surface area contributed by atoms with Crippen LogP contribution in [-0.4, -0.2) is 42.6 Å². The van der Waals surface area contributed by atoms with Crippen LogP contribution in [0.4, 0.5) is 0 Å². The molecule has 0 radical (unpaired) electrons. The molecule has 1 fully saturated rings. The molecular weight excluding hydrogens is 286 g/mol. The van der Waals surface area contributed by atoms with Crippen molar-refractivity contribution in [3.63, 3.8) is 0 Å². The average Bonchev–Trinajstić information content (AvgIpc) is 2.53.